The number of hydrogen-bond acceptors (Lipinski definition) is 3. The fourth-order valence-electron chi connectivity index (χ4n) is 1.30. The van der Waals surface area contributed by atoms with Gasteiger partial charge in [0.1, 0.15) is 16.9 Å². The summed E-state index contributed by atoms with van der Waals surface area (Å²) in [6.45, 7) is 1.76. The molecule has 0 aromatic carbocycles. The van der Waals surface area contributed by atoms with Crippen molar-refractivity contribution in [2.24, 2.45) is 0 Å². The Balaban J connectivity index is 2.36. The molecule has 4 nitrogen and oxygen atoms in total. The van der Waals surface area contributed by atoms with E-state index >= 15 is 0 Å². The minimum Gasteiger partial charge on any atom is -0.481 e. The molecule has 4 heteroatoms. The lowest BCUT2D eigenvalue weighted by molar-refractivity contribution is -0.140. The highest BCUT2D eigenvalue weighted by atomic mass is 16.5. The third-order valence-corrected chi connectivity index (χ3v) is 2.28. The average Bonchev–Trinajstić information content (AvgIpc) is 2.71. The molecule has 0 aliphatic heterocycles. The molecule has 1 aliphatic rings. The molecule has 2 rings (SSSR count). The molecule has 1 heterocycles. The number of aromatic nitrogens is 1. The highest BCUT2D eigenvalue weighted by Crippen LogP contribution is 2.47. The summed E-state index contributed by atoms with van der Waals surface area (Å²) in [4.78, 5) is 10.8. The Labute approximate surface area is 69.2 Å². The third-order valence-electron chi connectivity index (χ3n) is 2.28. The van der Waals surface area contributed by atoms with E-state index in [1.807, 2.05) is 0 Å². The molecule has 0 spiro atoms. The SMILES string of the molecule is Cc1cc(C2(C(=O)O)CC2)no1. The molecule has 1 saturated carbocycles. The summed E-state index contributed by atoms with van der Waals surface area (Å²) < 4.78 is 4.83. The molecule has 1 fully saturated rings. The Morgan fingerprint density at radius 2 is 2.42 bits per heavy atom. The number of aryl methyl sites for hydroxylation is 1. The van der Waals surface area contributed by atoms with Gasteiger partial charge >= 0.3 is 5.97 Å². The van der Waals surface area contributed by atoms with Crippen LogP contribution < -0.4 is 0 Å². The van der Waals surface area contributed by atoms with Crippen molar-refractivity contribution in [2.45, 2.75) is 25.2 Å². The number of carboxylic acid groups (broad SMARTS) is 1. The van der Waals surface area contributed by atoms with E-state index in [2.05, 4.69) is 5.16 Å². The van der Waals surface area contributed by atoms with Crippen molar-refractivity contribution >= 4 is 5.97 Å². The van der Waals surface area contributed by atoms with Gasteiger partial charge in [-0.25, -0.2) is 0 Å². The summed E-state index contributed by atoms with van der Waals surface area (Å²) in [6, 6.07) is 1.70. The molecule has 12 heavy (non-hydrogen) atoms. The second kappa shape index (κ2) is 2.09. The number of carbonyl (C=O) groups is 1. The van der Waals surface area contributed by atoms with Crippen LogP contribution in [0.1, 0.15) is 24.3 Å². The van der Waals surface area contributed by atoms with Crippen LogP contribution in [0.3, 0.4) is 0 Å². The Kier molecular flexibility index (Phi) is 1.28. The van der Waals surface area contributed by atoms with E-state index in [0.29, 0.717) is 24.3 Å². The van der Waals surface area contributed by atoms with Gasteiger partial charge in [0.2, 0.25) is 0 Å². The van der Waals surface area contributed by atoms with E-state index in [1.54, 1.807) is 13.0 Å². The van der Waals surface area contributed by atoms with Crippen LogP contribution >= 0.6 is 0 Å². The lowest BCUT2D eigenvalue weighted by Gasteiger charge is -2.02. The summed E-state index contributed by atoms with van der Waals surface area (Å²) >= 11 is 0. The van der Waals surface area contributed by atoms with Crippen LogP contribution in [-0.2, 0) is 10.2 Å². The Bertz CT molecular complexity index is 325. The van der Waals surface area contributed by atoms with Crippen LogP contribution in [0.4, 0.5) is 0 Å². The fraction of sp³-hybridized carbons (Fsp3) is 0.500. The zero-order chi connectivity index (χ0) is 8.77. The first kappa shape index (κ1) is 7.34. The zero-order valence-electron chi connectivity index (χ0n) is 6.70. The number of aliphatic carboxylic acids is 1. The molecular weight excluding hydrogens is 158 g/mol. The van der Waals surface area contributed by atoms with E-state index in [1.165, 1.54) is 0 Å². The minimum atomic E-state index is -0.796. The molecule has 0 amide bonds. The second-order valence-electron chi connectivity index (χ2n) is 3.21. The normalized spacial score (nSPS) is 19.1. The fourth-order valence-corrected chi connectivity index (χ4v) is 1.30. The lowest BCUT2D eigenvalue weighted by atomic mass is 10.0. The first-order chi connectivity index (χ1) is 5.65. The molecule has 0 atom stereocenters. The monoisotopic (exact) mass is 167 g/mol. The molecule has 0 unspecified atom stereocenters. The van der Waals surface area contributed by atoms with Crippen LogP contribution in [0.25, 0.3) is 0 Å². The molecule has 0 saturated heterocycles. The molecule has 64 valence electrons. The summed E-state index contributed by atoms with van der Waals surface area (Å²) in [5.41, 5.74) is -0.162. The smallest absolute Gasteiger partial charge is 0.315 e. The first-order valence-corrected chi connectivity index (χ1v) is 3.82. The number of carboxylic acids is 1. The Morgan fingerprint density at radius 3 is 2.75 bits per heavy atom. The van der Waals surface area contributed by atoms with E-state index < -0.39 is 11.4 Å². The van der Waals surface area contributed by atoms with Crippen molar-refractivity contribution in [3.05, 3.63) is 17.5 Å². The summed E-state index contributed by atoms with van der Waals surface area (Å²) in [5, 5.41) is 12.6. The van der Waals surface area contributed by atoms with Crippen molar-refractivity contribution in [2.75, 3.05) is 0 Å². The van der Waals surface area contributed by atoms with Crippen LogP contribution in [0.5, 0.6) is 0 Å². The van der Waals surface area contributed by atoms with Crippen LogP contribution in [0.2, 0.25) is 0 Å². The predicted octanol–water partition coefficient (Wildman–Crippen LogP) is 1.10. The maximum absolute atomic E-state index is 10.8. The van der Waals surface area contributed by atoms with E-state index in [4.69, 9.17) is 9.63 Å². The van der Waals surface area contributed by atoms with Gasteiger partial charge in [-0.15, -0.1) is 0 Å². The quantitative estimate of drug-likeness (QED) is 0.716. The van der Waals surface area contributed by atoms with Gasteiger partial charge in [0, 0.05) is 6.07 Å². The van der Waals surface area contributed by atoms with Crippen LogP contribution in [-0.4, -0.2) is 16.2 Å². The highest BCUT2D eigenvalue weighted by Gasteiger charge is 2.54. The zero-order valence-corrected chi connectivity index (χ0v) is 6.70. The number of rotatable bonds is 2. The number of hydrogen-bond donors (Lipinski definition) is 1. The summed E-state index contributed by atoms with van der Waals surface area (Å²) in [6.07, 6.45) is 1.35. The maximum atomic E-state index is 10.8. The summed E-state index contributed by atoms with van der Waals surface area (Å²) in [5.74, 6) is -0.131. The molecular formula is C8H9NO3. The van der Waals surface area contributed by atoms with Crippen molar-refractivity contribution in [1.29, 1.82) is 0 Å². The maximum Gasteiger partial charge on any atom is 0.315 e. The average molecular weight is 167 g/mol. The van der Waals surface area contributed by atoms with Gasteiger partial charge in [0.15, 0.2) is 0 Å². The lowest BCUT2D eigenvalue weighted by Crippen LogP contribution is -2.19. The van der Waals surface area contributed by atoms with Gasteiger partial charge in [0.05, 0.1) is 0 Å². The van der Waals surface area contributed by atoms with Gasteiger partial charge < -0.3 is 9.63 Å². The largest absolute Gasteiger partial charge is 0.481 e. The van der Waals surface area contributed by atoms with E-state index in [9.17, 15) is 4.79 Å². The first-order valence-electron chi connectivity index (χ1n) is 3.82. The Hall–Kier alpha value is -1.32. The van der Waals surface area contributed by atoms with E-state index in [0.717, 1.165) is 0 Å². The predicted molar refractivity (Wildman–Crippen MR) is 39.8 cm³/mol. The van der Waals surface area contributed by atoms with Gasteiger partial charge in [-0.3, -0.25) is 4.79 Å². The second-order valence-corrected chi connectivity index (χ2v) is 3.21. The molecule has 1 aromatic heterocycles. The van der Waals surface area contributed by atoms with Crippen molar-refractivity contribution in [3.63, 3.8) is 0 Å². The van der Waals surface area contributed by atoms with E-state index in [-0.39, 0.29) is 0 Å². The van der Waals surface area contributed by atoms with Crippen LogP contribution in [0.15, 0.2) is 10.6 Å². The van der Waals surface area contributed by atoms with Crippen molar-refractivity contribution in [3.8, 4) is 0 Å². The van der Waals surface area contributed by atoms with Crippen molar-refractivity contribution < 1.29 is 14.4 Å². The van der Waals surface area contributed by atoms with Crippen LogP contribution in [0, 0.1) is 6.92 Å². The molecule has 0 radical (unpaired) electrons. The third kappa shape index (κ3) is 0.841. The van der Waals surface area contributed by atoms with Gasteiger partial charge in [-0.1, -0.05) is 5.16 Å². The van der Waals surface area contributed by atoms with Gasteiger partial charge in [-0.05, 0) is 19.8 Å². The number of nitrogens with zero attached hydrogens (tertiary/aromatic N) is 1. The minimum absolute atomic E-state index is 0.563. The molecule has 1 aliphatic carbocycles. The summed E-state index contributed by atoms with van der Waals surface area (Å²) in [7, 11) is 0. The highest BCUT2D eigenvalue weighted by molar-refractivity contribution is 5.84. The van der Waals surface area contributed by atoms with Crippen molar-refractivity contribution in [1.82, 2.24) is 5.16 Å². The Morgan fingerprint density at radius 1 is 1.75 bits per heavy atom. The molecule has 1 aromatic rings. The van der Waals surface area contributed by atoms with Gasteiger partial charge in [0.25, 0.3) is 0 Å². The molecule has 0 bridgehead atoms. The van der Waals surface area contributed by atoms with Gasteiger partial charge in [-0.2, -0.15) is 0 Å². The topological polar surface area (TPSA) is 63.3 Å². The molecule has 1 N–H and O–H groups in total. The standard InChI is InChI=1S/C8H9NO3/c1-5-4-6(9-12-5)8(2-3-8)7(10)11/h4H,2-3H2,1H3,(H,10,11).